The minimum absolute atomic E-state index is 0.0106. The third-order valence-electron chi connectivity index (χ3n) is 6.09. The molecule has 2 aliphatic rings. The average molecular weight is 545 g/mol. The lowest BCUT2D eigenvalue weighted by Crippen LogP contribution is -2.55. The molecule has 2 amide bonds. The minimum Gasteiger partial charge on any atom is -0.337 e. The lowest BCUT2D eigenvalue weighted by Gasteiger charge is -2.34. The van der Waals surface area contributed by atoms with E-state index in [1.54, 1.807) is 18.2 Å². The summed E-state index contributed by atoms with van der Waals surface area (Å²) < 4.78 is 29.4. The summed E-state index contributed by atoms with van der Waals surface area (Å²) in [5.41, 5.74) is 0. The van der Waals surface area contributed by atoms with E-state index in [2.05, 4.69) is 9.62 Å². The molecule has 0 saturated carbocycles. The van der Waals surface area contributed by atoms with Gasteiger partial charge < -0.3 is 14.7 Å². The smallest absolute Gasteiger partial charge is 0.250 e. The minimum atomic E-state index is -3.87. The molecule has 186 valence electrons. The Morgan fingerprint density at radius 2 is 1.82 bits per heavy atom. The highest BCUT2D eigenvalue weighted by molar-refractivity contribution is 7.91. The molecule has 2 aromatic heterocycles. The Bertz CT molecular complexity index is 1150. The van der Waals surface area contributed by atoms with Gasteiger partial charge in [-0.25, -0.2) is 8.42 Å². The van der Waals surface area contributed by atoms with Gasteiger partial charge in [0.15, 0.2) is 0 Å². The van der Waals surface area contributed by atoms with E-state index in [1.165, 1.54) is 16.2 Å². The lowest BCUT2D eigenvalue weighted by atomic mass is 10.1. The van der Waals surface area contributed by atoms with Gasteiger partial charge in [-0.2, -0.15) is 4.72 Å². The van der Waals surface area contributed by atoms with E-state index in [1.807, 2.05) is 25.1 Å². The molecule has 34 heavy (non-hydrogen) atoms. The summed E-state index contributed by atoms with van der Waals surface area (Å²) in [6.07, 6.45) is 2.97. The lowest BCUT2D eigenvalue weighted by molar-refractivity contribution is -0.143. The quantitative estimate of drug-likeness (QED) is 0.552. The molecule has 2 aromatic rings. The maximum Gasteiger partial charge on any atom is 0.250 e. The molecular weight excluding hydrogens is 516 g/mol. The van der Waals surface area contributed by atoms with Crippen LogP contribution in [0.15, 0.2) is 28.5 Å². The summed E-state index contributed by atoms with van der Waals surface area (Å²) in [6, 6.07) is 6.20. The molecule has 2 unspecified atom stereocenters. The first-order valence-electron chi connectivity index (χ1n) is 11.2. The van der Waals surface area contributed by atoms with E-state index < -0.39 is 16.1 Å². The molecular formula is C22H29ClN4O4S3. The fourth-order valence-corrected chi connectivity index (χ4v) is 8.21. The van der Waals surface area contributed by atoms with Crippen molar-refractivity contribution in [3.63, 3.8) is 0 Å². The van der Waals surface area contributed by atoms with E-state index in [-0.39, 0.29) is 28.6 Å². The van der Waals surface area contributed by atoms with Gasteiger partial charge in [0.25, 0.3) is 10.0 Å². The van der Waals surface area contributed by atoms with Crippen LogP contribution < -0.4 is 4.72 Å². The molecule has 4 heterocycles. The highest BCUT2D eigenvalue weighted by Crippen LogP contribution is 2.37. The Kier molecular flexibility index (Phi) is 8.00. The van der Waals surface area contributed by atoms with Gasteiger partial charge in [-0.05, 0) is 64.0 Å². The standard InChI is InChI=1S/C22H29ClN4O4S3/c1-25(2)13-15-5-3-12-27(15)20(28)14-26-11-4-6-16(22(26)29)24-34(30,31)21-10-8-18(33-21)17-7-9-19(23)32-17/h7-10,15-16,24H,3-6,11-14H2,1-2H3. The van der Waals surface area contributed by atoms with E-state index in [4.69, 9.17) is 11.6 Å². The van der Waals surface area contributed by atoms with Crippen molar-refractivity contribution in [2.45, 2.75) is 42.0 Å². The van der Waals surface area contributed by atoms with Crippen molar-refractivity contribution in [1.29, 1.82) is 0 Å². The van der Waals surface area contributed by atoms with Gasteiger partial charge in [-0.3, -0.25) is 9.59 Å². The van der Waals surface area contributed by atoms with E-state index in [0.29, 0.717) is 30.3 Å². The first kappa shape index (κ1) is 25.6. The van der Waals surface area contributed by atoms with Gasteiger partial charge in [-0.15, -0.1) is 22.7 Å². The topological polar surface area (TPSA) is 90.0 Å². The number of piperidine rings is 1. The fourth-order valence-electron chi connectivity index (χ4n) is 4.53. The molecule has 4 rings (SSSR count). The van der Waals surface area contributed by atoms with Gasteiger partial charge in [-0.1, -0.05) is 11.6 Å². The maximum absolute atomic E-state index is 13.1. The number of likely N-dealkylation sites (tertiary alicyclic amines) is 2. The van der Waals surface area contributed by atoms with E-state index in [9.17, 15) is 18.0 Å². The molecule has 0 radical (unpaired) electrons. The fraction of sp³-hybridized carbons (Fsp3) is 0.545. The molecule has 2 saturated heterocycles. The molecule has 0 aliphatic carbocycles. The van der Waals surface area contributed by atoms with Crippen molar-refractivity contribution in [3.8, 4) is 9.75 Å². The Labute approximate surface area is 213 Å². The summed E-state index contributed by atoms with van der Waals surface area (Å²) in [6.45, 7) is 1.94. The van der Waals surface area contributed by atoms with Crippen LogP contribution in [0.2, 0.25) is 4.34 Å². The molecule has 12 heteroatoms. The monoisotopic (exact) mass is 544 g/mol. The van der Waals surface area contributed by atoms with Crippen LogP contribution in [0.4, 0.5) is 0 Å². The number of halogens is 1. The highest BCUT2D eigenvalue weighted by Gasteiger charge is 2.36. The van der Waals surface area contributed by atoms with Crippen LogP contribution in [0.25, 0.3) is 9.75 Å². The number of rotatable bonds is 8. The zero-order valence-corrected chi connectivity index (χ0v) is 22.4. The maximum atomic E-state index is 13.1. The van der Waals surface area contributed by atoms with Crippen LogP contribution in [0.3, 0.4) is 0 Å². The van der Waals surface area contributed by atoms with Gasteiger partial charge in [0, 0.05) is 35.4 Å². The number of carbonyl (C=O) groups excluding carboxylic acids is 2. The highest BCUT2D eigenvalue weighted by atomic mass is 35.5. The summed E-state index contributed by atoms with van der Waals surface area (Å²) in [4.78, 5) is 33.2. The third-order valence-corrected chi connectivity index (χ3v) is 10.6. The van der Waals surface area contributed by atoms with Gasteiger partial charge >= 0.3 is 0 Å². The van der Waals surface area contributed by atoms with Crippen LogP contribution in [-0.2, 0) is 19.6 Å². The summed E-state index contributed by atoms with van der Waals surface area (Å²) >= 11 is 8.52. The number of amides is 2. The molecule has 8 nitrogen and oxygen atoms in total. The summed E-state index contributed by atoms with van der Waals surface area (Å²) in [5.74, 6) is -0.410. The van der Waals surface area contributed by atoms with E-state index >= 15 is 0 Å². The number of likely N-dealkylation sites (N-methyl/N-ethyl adjacent to an activating group) is 1. The number of sulfonamides is 1. The number of thiophene rings is 2. The van der Waals surface area contributed by atoms with Crippen LogP contribution in [0.1, 0.15) is 25.7 Å². The number of hydrogen-bond donors (Lipinski definition) is 1. The summed E-state index contributed by atoms with van der Waals surface area (Å²) in [7, 11) is 0.0970. The van der Waals surface area contributed by atoms with E-state index in [0.717, 1.165) is 40.5 Å². The van der Waals surface area contributed by atoms with Crippen LogP contribution in [0, 0.1) is 0 Å². The first-order valence-corrected chi connectivity index (χ1v) is 14.7. The van der Waals surface area contributed by atoms with Crippen molar-refractivity contribution in [1.82, 2.24) is 19.4 Å². The molecule has 2 fully saturated rings. The molecule has 0 aromatic carbocycles. The Morgan fingerprint density at radius 1 is 1.12 bits per heavy atom. The molecule has 2 atom stereocenters. The second-order valence-corrected chi connectivity index (χ2v) is 13.7. The predicted octanol–water partition coefficient (Wildman–Crippen LogP) is 2.95. The zero-order chi connectivity index (χ0) is 24.5. The normalized spacial score (nSPS) is 21.6. The van der Waals surface area contributed by atoms with Gasteiger partial charge in [0.2, 0.25) is 11.8 Å². The first-order chi connectivity index (χ1) is 16.1. The Balaban J connectivity index is 1.40. The number of nitrogens with one attached hydrogen (secondary N) is 1. The number of carbonyl (C=O) groups is 2. The van der Waals surface area contributed by atoms with Crippen LogP contribution in [-0.4, -0.2) is 87.3 Å². The Morgan fingerprint density at radius 3 is 2.53 bits per heavy atom. The third kappa shape index (κ3) is 5.83. The SMILES string of the molecule is CN(C)CC1CCCN1C(=O)CN1CCCC(NS(=O)(=O)c2ccc(-c3ccc(Cl)s3)s2)C1=O. The second kappa shape index (κ2) is 10.6. The Hall–Kier alpha value is -1.50. The second-order valence-electron chi connectivity index (χ2n) is 8.94. The molecule has 1 N–H and O–H groups in total. The van der Waals surface area contributed by atoms with Crippen molar-refractivity contribution in [2.24, 2.45) is 0 Å². The predicted molar refractivity (Wildman–Crippen MR) is 136 cm³/mol. The number of hydrogen-bond acceptors (Lipinski definition) is 7. The largest absolute Gasteiger partial charge is 0.337 e. The van der Waals surface area contributed by atoms with Crippen molar-refractivity contribution in [2.75, 3.05) is 40.3 Å². The van der Waals surface area contributed by atoms with Crippen LogP contribution >= 0.6 is 34.3 Å². The average Bonchev–Trinajstić information content (AvgIpc) is 3.51. The van der Waals surface area contributed by atoms with Crippen molar-refractivity contribution < 1.29 is 18.0 Å². The zero-order valence-electron chi connectivity index (χ0n) is 19.2. The van der Waals surface area contributed by atoms with Gasteiger partial charge in [0.1, 0.15) is 10.3 Å². The summed E-state index contributed by atoms with van der Waals surface area (Å²) in [5, 5.41) is 0. The van der Waals surface area contributed by atoms with Gasteiger partial charge in [0.05, 0.1) is 10.9 Å². The molecule has 2 aliphatic heterocycles. The molecule has 0 bridgehead atoms. The number of nitrogens with zero attached hydrogens (tertiary/aromatic N) is 3. The van der Waals surface area contributed by atoms with Crippen molar-refractivity contribution in [3.05, 3.63) is 28.6 Å². The van der Waals surface area contributed by atoms with Crippen LogP contribution in [0.5, 0.6) is 0 Å². The van der Waals surface area contributed by atoms with Crippen molar-refractivity contribution >= 4 is 56.1 Å². The molecule has 0 spiro atoms.